The molecule has 1 aliphatic carbocycles. The summed E-state index contributed by atoms with van der Waals surface area (Å²) >= 11 is 0. The minimum absolute atomic E-state index is 0.00356. The third-order valence-electron chi connectivity index (χ3n) is 8.91. The van der Waals surface area contributed by atoms with E-state index in [-0.39, 0.29) is 35.9 Å². The number of carbonyl (C=O) groups is 3. The second-order valence-corrected chi connectivity index (χ2v) is 14.9. The van der Waals surface area contributed by atoms with Crippen LogP contribution in [0.5, 0.6) is 5.75 Å². The Morgan fingerprint density at radius 3 is 2.07 bits per heavy atom. The van der Waals surface area contributed by atoms with Crippen LogP contribution in [0.25, 0.3) is 0 Å². The van der Waals surface area contributed by atoms with Crippen molar-refractivity contribution < 1.29 is 28.6 Å². The van der Waals surface area contributed by atoms with Crippen molar-refractivity contribution in [3.05, 3.63) is 65.7 Å². The molecule has 2 saturated heterocycles. The van der Waals surface area contributed by atoms with Gasteiger partial charge in [0.1, 0.15) is 30.1 Å². The number of carbonyl (C=O) groups excluding carboxylic acids is 3. The third-order valence-corrected chi connectivity index (χ3v) is 8.91. The predicted molar refractivity (Wildman–Crippen MR) is 172 cm³/mol. The van der Waals surface area contributed by atoms with Crippen molar-refractivity contribution in [2.75, 3.05) is 32.7 Å². The number of benzene rings is 2. The van der Waals surface area contributed by atoms with Crippen LogP contribution >= 0.6 is 0 Å². The van der Waals surface area contributed by atoms with Crippen molar-refractivity contribution in [3.63, 3.8) is 0 Å². The highest BCUT2D eigenvalue weighted by molar-refractivity contribution is 5.83. The van der Waals surface area contributed by atoms with Gasteiger partial charge in [-0.25, -0.2) is 9.59 Å². The van der Waals surface area contributed by atoms with Crippen molar-refractivity contribution in [1.29, 1.82) is 0 Å². The van der Waals surface area contributed by atoms with Gasteiger partial charge in [0.2, 0.25) is 5.91 Å². The molecular formula is C36H49N3O6. The molecule has 0 bridgehead atoms. The Kier molecular flexibility index (Phi) is 9.38. The molecule has 3 aliphatic rings. The summed E-state index contributed by atoms with van der Waals surface area (Å²) in [6.07, 6.45) is 2.56. The molecule has 2 heterocycles. The van der Waals surface area contributed by atoms with Gasteiger partial charge in [-0.1, -0.05) is 48.5 Å². The van der Waals surface area contributed by atoms with E-state index in [9.17, 15) is 14.4 Å². The monoisotopic (exact) mass is 619 g/mol. The Labute approximate surface area is 267 Å². The van der Waals surface area contributed by atoms with Gasteiger partial charge in [-0.15, -0.1) is 0 Å². The van der Waals surface area contributed by atoms with Gasteiger partial charge in [0.25, 0.3) is 0 Å². The topological polar surface area (TPSA) is 88.6 Å². The highest BCUT2D eigenvalue weighted by atomic mass is 16.6. The summed E-state index contributed by atoms with van der Waals surface area (Å²) in [5, 5.41) is 0. The smallest absolute Gasteiger partial charge is 0.411 e. The Hall–Kier alpha value is -3.75. The Morgan fingerprint density at radius 2 is 1.42 bits per heavy atom. The maximum absolute atomic E-state index is 13.7. The van der Waals surface area contributed by atoms with Crippen molar-refractivity contribution in [2.24, 2.45) is 5.41 Å². The molecule has 0 unspecified atom stereocenters. The van der Waals surface area contributed by atoms with Crippen molar-refractivity contribution in [2.45, 2.75) is 97.0 Å². The first-order chi connectivity index (χ1) is 21.2. The van der Waals surface area contributed by atoms with Gasteiger partial charge in [0, 0.05) is 38.1 Å². The van der Waals surface area contributed by atoms with Crippen LogP contribution in [0.15, 0.2) is 54.6 Å². The number of amides is 3. The maximum atomic E-state index is 13.7. The lowest BCUT2D eigenvalue weighted by atomic mass is 9.78. The fourth-order valence-electron chi connectivity index (χ4n) is 6.45. The summed E-state index contributed by atoms with van der Waals surface area (Å²) in [4.78, 5) is 45.1. The molecule has 3 fully saturated rings. The summed E-state index contributed by atoms with van der Waals surface area (Å²) < 4.78 is 17.6. The molecule has 45 heavy (non-hydrogen) atoms. The van der Waals surface area contributed by atoms with Crippen LogP contribution in [0.2, 0.25) is 0 Å². The van der Waals surface area contributed by atoms with E-state index in [4.69, 9.17) is 14.2 Å². The number of likely N-dealkylation sites (tertiary alicyclic amines) is 2. The quantitative estimate of drug-likeness (QED) is 0.347. The predicted octanol–water partition coefficient (Wildman–Crippen LogP) is 6.61. The lowest BCUT2D eigenvalue weighted by Crippen LogP contribution is -2.50. The third kappa shape index (κ3) is 8.50. The van der Waals surface area contributed by atoms with E-state index < -0.39 is 17.3 Å². The van der Waals surface area contributed by atoms with Crippen molar-refractivity contribution >= 4 is 18.1 Å². The fourth-order valence-corrected chi connectivity index (χ4v) is 6.45. The molecule has 5 rings (SSSR count). The Balaban J connectivity index is 1.22. The lowest BCUT2D eigenvalue weighted by Gasteiger charge is -2.40. The zero-order valence-electron chi connectivity index (χ0n) is 27.7. The van der Waals surface area contributed by atoms with Crippen LogP contribution in [-0.2, 0) is 20.9 Å². The number of piperidine rings is 1. The molecule has 9 heteroatoms. The molecule has 1 saturated carbocycles. The molecule has 9 nitrogen and oxygen atoms in total. The molecule has 0 aromatic heterocycles. The van der Waals surface area contributed by atoms with Crippen LogP contribution in [0, 0.1) is 5.41 Å². The average molecular weight is 620 g/mol. The minimum Gasteiger partial charge on any atom is -0.489 e. The zero-order chi connectivity index (χ0) is 32.4. The molecule has 2 aliphatic heterocycles. The number of ether oxygens (including phenoxy) is 3. The zero-order valence-corrected chi connectivity index (χ0v) is 27.7. The molecular weight excluding hydrogens is 570 g/mol. The van der Waals surface area contributed by atoms with Crippen LogP contribution in [-0.4, -0.2) is 82.8 Å². The summed E-state index contributed by atoms with van der Waals surface area (Å²) in [6, 6.07) is 17.8. The van der Waals surface area contributed by atoms with E-state index in [0.29, 0.717) is 32.8 Å². The van der Waals surface area contributed by atoms with Gasteiger partial charge < -0.3 is 24.0 Å². The van der Waals surface area contributed by atoms with Gasteiger partial charge in [-0.3, -0.25) is 9.69 Å². The van der Waals surface area contributed by atoms with Gasteiger partial charge >= 0.3 is 12.2 Å². The number of hydrogen-bond acceptors (Lipinski definition) is 6. The fraction of sp³-hybridized carbons (Fsp3) is 0.583. The van der Waals surface area contributed by atoms with Crippen LogP contribution in [0.1, 0.15) is 84.3 Å². The number of hydrogen-bond donors (Lipinski definition) is 0. The van der Waals surface area contributed by atoms with Crippen LogP contribution in [0.4, 0.5) is 9.59 Å². The second-order valence-electron chi connectivity index (χ2n) is 14.9. The molecule has 2 aromatic carbocycles. The molecule has 2 atom stereocenters. The maximum Gasteiger partial charge on any atom is 0.411 e. The number of para-hydroxylation sites is 1. The first kappa shape index (κ1) is 32.6. The Bertz CT molecular complexity index is 1360. The first-order valence-corrected chi connectivity index (χ1v) is 16.2. The van der Waals surface area contributed by atoms with Crippen LogP contribution < -0.4 is 4.74 Å². The summed E-state index contributed by atoms with van der Waals surface area (Å²) in [6.45, 7) is 14.1. The lowest BCUT2D eigenvalue weighted by molar-refractivity contribution is -0.134. The van der Waals surface area contributed by atoms with E-state index in [1.165, 1.54) is 0 Å². The highest BCUT2D eigenvalue weighted by Gasteiger charge is 2.49. The molecule has 244 valence electrons. The number of rotatable bonds is 7. The summed E-state index contributed by atoms with van der Waals surface area (Å²) in [7, 11) is 0. The van der Waals surface area contributed by atoms with Crippen LogP contribution in [0.3, 0.4) is 0 Å². The second kappa shape index (κ2) is 12.9. The van der Waals surface area contributed by atoms with Gasteiger partial charge in [0.15, 0.2) is 0 Å². The van der Waals surface area contributed by atoms with Gasteiger partial charge in [-0.2, -0.15) is 0 Å². The average Bonchev–Trinajstić information content (AvgIpc) is 3.65. The largest absolute Gasteiger partial charge is 0.489 e. The first-order valence-electron chi connectivity index (χ1n) is 16.2. The van der Waals surface area contributed by atoms with Gasteiger partial charge in [0.05, 0.1) is 0 Å². The molecule has 0 radical (unpaired) electrons. The van der Waals surface area contributed by atoms with Crippen molar-refractivity contribution in [1.82, 2.24) is 14.7 Å². The molecule has 2 aromatic rings. The number of nitrogens with zero attached hydrogens (tertiary/aromatic N) is 3. The standard InChI is InChI=1S/C36H49N3O6/c1-34(2,3)44-32(41)38-21-18-36(25-38)16-19-37(20-17-36)31(40)23-39(33(42)45-35(4,5)6)29-22-28(29)27-14-10-11-15-30(27)43-24-26-12-8-7-9-13-26/h7-15,28-29H,16-25H2,1-6H3/t28-,29+/m0/s1. The van der Waals surface area contributed by atoms with E-state index >= 15 is 0 Å². The molecule has 0 N–H and O–H groups in total. The molecule has 1 spiro atoms. The van der Waals surface area contributed by atoms with Crippen molar-refractivity contribution in [3.8, 4) is 5.75 Å². The Morgan fingerprint density at radius 1 is 0.822 bits per heavy atom. The minimum atomic E-state index is -0.681. The van der Waals surface area contributed by atoms with E-state index in [2.05, 4.69) is 0 Å². The SMILES string of the molecule is CC(C)(C)OC(=O)N1CCC2(CCN(C(=O)CN(C(=O)OC(C)(C)C)[C@@H]3C[C@H]3c3ccccc3OCc3ccccc3)CC2)C1. The highest BCUT2D eigenvalue weighted by Crippen LogP contribution is 2.48. The van der Waals surface area contributed by atoms with Gasteiger partial charge in [-0.05, 0) is 89.8 Å². The summed E-state index contributed by atoms with van der Waals surface area (Å²) in [5.41, 5.74) is 0.915. The normalized spacial score (nSPS) is 20.9. The van der Waals surface area contributed by atoms with E-state index in [1.807, 2.05) is 106 Å². The summed E-state index contributed by atoms with van der Waals surface area (Å²) in [5.74, 6) is 0.777. The van der Waals surface area contributed by atoms with E-state index in [1.54, 1.807) is 4.90 Å². The van der Waals surface area contributed by atoms with E-state index in [0.717, 1.165) is 42.6 Å². The molecule has 3 amide bonds.